The number of rotatable bonds is 4. The fraction of sp³-hybridized carbons (Fsp3) is 0.360. The Balaban J connectivity index is 1.60. The van der Waals surface area contributed by atoms with Crippen LogP contribution in [0.15, 0.2) is 62.7 Å². The SMILES string of the molecule is Cc1onc2c1c(=O)n(C1CCCC(C(C)S(=O)(=O)c3ccccc3)C1)c1cccc(Cl)c21. The van der Waals surface area contributed by atoms with E-state index in [2.05, 4.69) is 5.16 Å². The van der Waals surface area contributed by atoms with Crippen molar-refractivity contribution in [3.63, 3.8) is 0 Å². The predicted molar refractivity (Wildman–Crippen MR) is 130 cm³/mol. The van der Waals surface area contributed by atoms with Crippen molar-refractivity contribution in [3.8, 4) is 0 Å². The topological polar surface area (TPSA) is 82.2 Å². The first-order chi connectivity index (χ1) is 15.8. The molecule has 2 heterocycles. The first-order valence-corrected chi connectivity index (χ1v) is 13.1. The van der Waals surface area contributed by atoms with Crippen LogP contribution in [0.3, 0.4) is 0 Å². The Morgan fingerprint density at radius 2 is 1.85 bits per heavy atom. The van der Waals surface area contributed by atoms with Crippen LogP contribution in [-0.4, -0.2) is 23.4 Å². The first-order valence-electron chi connectivity index (χ1n) is 11.2. The third-order valence-corrected chi connectivity index (χ3v) is 9.67. The van der Waals surface area contributed by atoms with E-state index in [1.807, 2.05) is 18.2 Å². The van der Waals surface area contributed by atoms with Crippen LogP contribution in [0, 0.1) is 12.8 Å². The Morgan fingerprint density at radius 1 is 1.09 bits per heavy atom. The van der Waals surface area contributed by atoms with E-state index in [0.717, 1.165) is 19.3 Å². The van der Waals surface area contributed by atoms with Crippen LogP contribution in [0.5, 0.6) is 0 Å². The van der Waals surface area contributed by atoms with Crippen molar-refractivity contribution in [2.75, 3.05) is 0 Å². The van der Waals surface area contributed by atoms with Crippen LogP contribution in [0.4, 0.5) is 0 Å². The molecule has 3 unspecified atom stereocenters. The molecule has 1 aliphatic carbocycles. The van der Waals surface area contributed by atoms with Crippen LogP contribution in [0.1, 0.15) is 44.4 Å². The van der Waals surface area contributed by atoms with Crippen LogP contribution < -0.4 is 5.56 Å². The van der Waals surface area contributed by atoms with Crippen LogP contribution >= 0.6 is 11.6 Å². The van der Waals surface area contributed by atoms with Gasteiger partial charge >= 0.3 is 0 Å². The molecule has 172 valence electrons. The van der Waals surface area contributed by atoms with E-state index in [9.17, 15) is 13.2 Å². The van der Waals surface area contributed by atoms with Gasteiger partial charge in [-0.1, -0.05) is 47.4 Å². The van der Waals surface area contributed by atoms with Crippen molar-refractivity contribution in [2.24, 2.45) is 5.92 Å². The maximum atomic E-state index is 13.6. The van der Waals surface area contributed by atoms with Gasteiger partial charge in [-0.05, 0) is 63.3 Å². The summed E-state index contributed by atoms with van der Waals surface area (Å²) in [6.07, 6.45) is 3.06. The fourth-order valence-corrected chi connectivity index (χ4v) is 7.25. The lowest BCUT2D eigenvalue weighted by Crippen LogP contribution is -2.35. The summed E-state index contributed by atoms with van der Waals surface area (Å²) in [4.78, 5) is 14.0. The summed E-state index contributed by atoms with van der Waals surface area (Å²) in [6.45, 7) is 3.52. The summed E-state index contributed by atoms with van der Waals surface area (Å²) in [5.74, 6) is 0.396. The van der Waals surface area contributed by atoms with E-state index in [-0.39, 0.29) is 17.5 Å². The van der Waals surface area contributed by atoms with Gasteiger partial charge in [0.05, 0.1) is 20.7 Å². The highest BCUT2D eigenvalue weighted by Crippen LogP contribution is 2.40. The van der Waals surface area contributed by atoms with Gasteiger partial charge in [0.2, 0.25) is 0 Å². The van der Waals surface area contributed by atoms with E-state index < -0.39 is 15.1 Å². The molecule has 6 nitrogen and oxygen atoms in total. The van der Waals surface area contributed by atoms with Crippen molar-refractivity contribution in [1.82, 2.24) is 9.72 Å². The van der Waals surface area contributed by atoms with Gasteiger partial charge in [0.25, 0.3) is 5.56 Å². The average Bonchev–Trinajstić information content (AvgIpc) is 3.21. The number of benzene rings is 2. The molecule has 2 aromatic carbocycles. The maximum Gasteiger partial charge on any atom is 0.264 e. The van der Waals surface area contributed by atoms with E-state index in [1.165, 1.54) is 0 Å². The fourth-order valence-electron chi connectivity index (χ4n) is 5.27. The molecule has 0 aliphatic heterocycles. The highest BCUT2D eigenvalue weighted by Gasteiger charge is 2.36. The molecule has 33 heavy (non-hydrogen) atoms. The van der Waals surface area contributed by atoms with Gasteiger partial charge in [-0.15, -0.1) is 0 Å². The van der Waals surface area contributed by atoms with Crippen LogP contribution in [-0.2, 0) is 9.84 Å². The van der Waals surface area contributed by atoms with Crippen molar-refractivity contribution in [2.45, 2.75) is 55.7 Å². The van der Waals surface area contributed by atoms with Gasteiger partial charge in [0, 0.05) is 11.4 Å². The smallest absolute Gasteiger partial charge is 0.264 e. The molecule has 0 radical (unpaired) electrons. The number of halogens is 1. The van der Waals surface area contributed by atoms with Gasteiger partial charge in [-0.3, -0.25) is 4.79 Å². The molecule has 3 atom stereocenters. The molecule has 1 fully saturated rings. The van der Waals surface area contributed by atoms with E-state index in [0.29, 0.717) is 43.9 Å². The molecule has 0 N–H and O–H groups in total. The number of nitrogens with zero attached hydrogens (tertiary/aromatic N) is 2. The molecule has 0 saturated heterocycles. The second-order valence-corrected chi connectivity index (χ2v) is 11.6. The maximum absolute atomic E-state index is 13.6. The van der Waals surface area contributed by atoms with Gasteiger partial charge in [0.15, 0.2) is 9.84 Å². The molecule has 1 saturated carbocycles. The molecular weight excluding hydrogens is 460 g/mol. The minimum atomic E-state index is -3.47. The van der Waals surface area contributed by atoms with Crippen molar-refractivity contribution in [1.29, 1.82) is 0 Å². The molecule has 8 heteroatoms. The number of aromatic nitrogens is 2. The molecule has 4 aromatic rings. The highest BCUT2D eigenvalue weighted by atomic mass is 35.5. The third-order valence-electron chi connectivity index (χ3n) is 7.06. The second-order valence-electron chi connectivity index (χ2n) is 8.92. The number of hydrogen-bond acceptors (Lipinski definition) is 5. The van der Waals surface area contributed by atoms with Gasteiger partial charge in [0.1, 0.15) is 16.7 Å². The van der Waals surface area contributed by atoms with E-state index >= 15 is 0 Å². The van der Waals surface area contributed by atoms with Crippen molar-refractivity contribution >= 4 is 43.2 Å². The summed E-state index contributed by atoms with van der Waals surface area (Å²) < 4.78 is 33.7. The Morgan fingerprint density at radius 3 is 2.61 bits per heavy atom. The lowest BCUT2D eigenvalue weighted by Gasteiger charge is -2.34. The van der Waals surface area contributed by atoms with Crippen molar-refractivity contribution < 1.29 is 12.9 Å². The Kier molecular flexibility index (Phi) is 5.57. The molecule has 1 aliphatic rings. The molecule has 0 bridgehead atoms. The number of fused-ring (bicyclic) bond motifs is 3. The van der Waals surface area contributed by atoms with Crippen LogP contribution in [0.25, 0.3) is 21.8 Å². The molecule has 5 rings (SSSR count). The van der Waals surface area contributed by atoms with Gasteiger partial charge in [-0.2, -0.15) is 0 Å². The number of sulfone groups is 1. The number of aryl methyl sites for hydroxylation is 1. The summed E-state index contributed by atoms with van der Waals surface area (Å²) in [7, 11) is -3.47. The predicted octanol–water partition coefficient (Wildman–Crippen LogP) is 5.70. The minimum absolute atomic E-state index is 0.0608. The monoisotopic (exact) mass is 484 g/mol. The summed E-state index contributed by atoms with van der Waals surface area (Å²) in [5.41, 5.74) is 1.02. The lowest BCUT2D eigenvalue weighted by molar-refractivity contribution is 0.263. The molecule has 2 aromatic heterocycles. The minimum Gasteiger partial charge on any atom is -0.360 e. The second kappa shape index (κ2) is 8.29. The normalized spacial score (nSPS) is 20.3. The molecule has 0 spiro atoms. The average molecular weight is 485 g/mol. The van der Waals surface area contributed by atoms with Gasteiger partial charge < -0.3 is 9.09 Å². The standard InChI is InChI=1S/C25H25ClN2O4S/c1-15-22-24(27-32-15)23-20(26)12-7-13-21(23)28(25(22)29)18-9-6-8-17(14-18)16(2)33(30,31)19-10-4-3-5-11-19/h3-5,7,10-13,16-18H,6,8-9,14H2,1-2H3. The van der Waals surface area contributed by atoms with Crippen LogP contribution in [0.2, 0.25) is 5.02 Å². The zero-order valence-electron chi connectivity index (χ0n) is 18.5. The molecular formula is C25H25ClN2O4S. The quantitative estimate of drug-likeness (QED) is 0.371. The summed E-state index contributed by atoms with van der Waals surface area (Å²) in [5, 5.41) is 5.20. The number of hydrogen-bond donors (Lipinski definition) is 0. The summed E-state index contributed by atoms with van der Waals surface area (Å²) in [6, 6.07) is 13.9. The Labute approximate surface area is 197 Å². The Bertz CT molecular complexity index is 1510. The lowest BCUT2D eigenvalue weighted by atomic mass is 9.83. The number of pyridine rings is 1. The first kappa shape index (κ1) is 22.2. The molecule has 0 amide bonds. The summed E-state index contributed by atoms with van der Waals surface area (Å²) >= 11 is 6.54. The van der Waals surface area contributed by atoms with E-state index in [1.54, 1.807) is 48.7 Å². The van der Waals surface area contributed by atoms with Crippen molar-refractivity contribution in [3.05, 3.63) is 69.7 Å². The zero-order valence-corrected chi connectivity index (χ0v) is 20.1. The van der Waals surface area contributed by atoms with E-state index in [4.69, 9.17) is 16.1 Å². The highest BCUT2D eigenvalue weighted by molar-refractivity contribution is 7.92. The van der Waals surface area contributed by atoms with Gasteiger partial charge in [-0.25, -0.2) is 8.42 Å². The third kappa shape index (κ3) is 3.58. The Hall–Kier alpha value is -2.64. The largest absolute Gasteiger partial charge is 0.360 e. The zero-order chi connectivity index (χ0) is 23.3.